The average molecular weight is 449 g/mol. The summed E-state index contributed by atoms with van der Waals surface area (Å²) in [6.07, 6.45) is -2.36. The summed E-state index contributed by atoms with van der Waals surface area (Å²) in [6, 6.07) is 30.0. The van der Waals surface area contributed by atoms with E-state index in [0.29, 0.717) is 0 Å². The van der Waals surface area contributed by atoms with E-state index in [1.807, 2.05) is 66.7 Å². The zero-order valence-corrected chi connectivity index (χ0v) is 19.0. The molecule has 158 valence electrons. The van der Waals surface area contributed by atoms with Gasteiger partial charge in [-0.15, -0.1) is 0 Å². The summed E-state index contributed by atoms with van der Waals surface area (Å²) in [5, 5.41) is 0.741. The van der Waals surface area contributed by atoms with Crippen molar-refractivity contribution in [2.45, 2.75) is 13.0 Å². The summed E-state index contributed by atoms with van der Waals surface area (Å²) in [7, 11) is 0. The third kappa shape index (κ3) is 4.58. The van der Waals surface area contributed by atoms with Crippen molar-refractivity contribution < 1.29 is 9.53 Å². The van der Waals surface area contributed by atoms with E-state index in [9.17, 15) is 4.79 Å². The molecule has 1 fully saturated rings. The molecule has 1 aliphatic heterocycles. The van der Waals surface area contributed by atoms with E-state index in [4.69, 9.17) is 16.5 Å². The van der Waals surface area contributed by atoms with E-state index in [0.717, 1.165) is 35.3 Å². The molecule has 1 saturated heterocycles. The number of carbonyl (C=O) groups is 1. The van der Waals surface area contributed by atoms with Crippen LogP contribution >= 0.6 is 6.34 Å². The van der Waals surface area contributed by atoms with Gasteiger partial charge in [-0.1, -0.05) is 73.3 Å². The first-order chi connectivity index (χ1) is 15.1. The Morgan fingerprint density at radius 1 is 0.839 bits per heavy atom. The molecule has 0 aromatic heterocycles. The second kappa shape index (κ2) is 9.51. The molecule has 3 aromatic rings. The number of hydrogen-bond donors (Lipinski definition) is 0. The lowest BCUT2D eigenvalue weighted by Crippen LogP contribution is -2.21. The van der Waals surface area contributed by atoms with Crippen molar-refractivity contribution in [3.63, 3.8) is 0 Å². The largest absolute Gasteiger partial charge is 0.461 e. The molecule has 0 aliphatic carbocycles. The van der Waals surface area contributed by atoms with E-state index in [-0.39, 0.29) is 19.0 Å². The average Bonchev–Trinajstić information content (AvgIpc) is 3.18. The van der Waals surface area contributed by atoms with Gasteiger partial charge >= 0.3 is 5.97 Å². The predicted octanol–water partition coefficient (Wildman–Crippen LogP) is 5.97. The minimum Gasteiger partial charge on any atom is -0.461 e. The van der Waals surface area contributed by atoms with Crippen LogP contribution in [0.25, 0.3) is 0 Å². The fourth-order valence-corrected chi connectivity index (χ4v) is 7.90. The lowest BCUT2D eigenvalue weighted by molar-refractivity contribution is -0.143. The van der Waals surface area contributed by atoms with Crippen LogP contribution in [-0.4, -0.2) is 19.1 Å². The maximum Gasteiger partial charge on any atom is 0.310 e. The quantitative estimate of drug-likeness (QED) is 0.329. The molecule has 0 spiro atoms. The Bertz CT molecular complexity index is 1040. The highest BCUT2D eigenvalue weighted by Gasteiger charge is 2.41. The maximum absolute atomic E-state index is 12.7. The van der Waals surface area contributed by atoms with Gasteiger partial charge in [0.2, 0.25) is 0 Å². The number of para-hydroxylation sites is 2. The number of ether oxygens (including phenoxy) is 1. The Morgan fingerprint density at radius 2 is 1.29 bits per heavy atom. The summed E-state index contributed by atoms with van der Waals surface area (Å²) in [4.78, 5) is 12.7. The molecule has 0 unspecified atom stereocenters. The zero-order chi connectivity index (χ0) is 21.7. The van der Waals surface area contributed by atoms with Crippen LogP contribution in [0.1, 0.15) is 12.0 Å². The van der Waals surface area contributed by atoms with Gasteiger partial charge in [0.15, 0.2) is 0 Å². The monoisotopic (exact) mass is 448 g/mol. The minimum absolute atomic E-state index is 0.108. The summed E-state index contributed by atoms with van der Waals surface area (Å²) in [6.45, 7) is 6.14. The van der Waals surface area contributed by atoms with Crippen LogP contribution in [-0.2, 0) is 27.9 Å². The third-order valence-electron chi connectivity index (χ3n) is 5.29. The molecule has 1 heterocycles. The normalized spacial score (nSPS) is 15.0. The molecule has 0 bridgehead atoms. The Kier molecular flexibility index (Phi) is 6.55. The highest BCUT2D eigenvalue weighted by atomic mass is 32.4. The topological polar surface area (TPSA) is 32.8 Å². The van der Waals surface area contributed by atoms with Crippen LogP contribution in [0.3, 0.4) is 0 Å². The van der Waals surface area contributed by atoms with Crippen LogP contribution in [0.2, 0.25) is 0 Å². The number of nitrogens with zero attached hydrogens (tertiary/aromatic N) is 2. The molecular weight excluding hydrogens is 423 g/mol. The molecule has 31 heavy (non-hydrogen) atoms. The fraction of sp³-hybridized carbons (Fsp3) is 0.160. The summed E-state index contributed by atoms with van der Waals surface area (Å²) in [5.74, 6) is -0.300. The molecule has 0 saturated carbocycles. The minimum atomic E-state index is -2.47. The van der Waals surface area contributed by atoms with Gasteiger partial charge in [0.25, 0.3) is 0 Å². The van der Waals surface area contributed by atoms with Gasteiger partial charge in [-0.25, -0.2) is 0 Å². The number of esters is 1. The van der Waals surface area contributed by atoms with Gasteiger partial charge in [-0.05, 0) is 41.6 Å². The van der Waals surface area contributed by atoms with Crippen LogP contribution in [0.4, 0.5) is 11.4 Å². The molecule has 0 amide bonds. The lowest BCUT2D eigenvalue weighted by atomic mass is 10.2. The predicted molar refractivity (Wildman–Crippen MR) is 132 cm³/mol. The standard InChI is InChI=1S/C25H25N2O2PS/c1-21(19-25(28)29-20-22-11-5-2-6-12-22)30(31)26(23-13-7-3-8-14-23)17-18-27(30)24-15-9-4-10-16-24/h2-16H,1,17-20H2. The van der Waals surface area contributed by atoms with E-state index in [2.05, 4.69) is 40.2 Å². The molecule has 0 N–H and O–H groups in total. The summed E-state index contributed by atoms with van der Waals surface area (Å²) >= 11 is 6.35. The van der Waals surface area contributed by atoms with Crippen LogP contribution in [0.5, 0.6) is 0 Å². The molecule has 0 atom stereocenters. The van der Waals surface area contributed by atoms with E-state index in [1.165, 1.54) is 0 Å². The third-order valence-corrected chi connectivity index (χ3v) is 10.4. The highest BCUT2D eigenvalue weighted by Crippen LogP contribution is 2.66. The first kappa shape index (κ1) is 21.4. The van der Waals surface area contributed by atoms with Gasteiger partial charge in [0, 0.05) is 29.8 Å². The molecule has 4 nitrogen and oxygen atoms in total. The van der Waals surface area contributed by atoms with Crippen molar-refractivity contribution in [1.29, 1.82) is 0 Å². The summed E-state index contributed by atoms with van der Waals surface area (Å²) < 4.78 is 10.0. The van der Waals surface area contributed by atoms with Crippen LogP contribution in [0, 0.1) is 0 Å². The smallest absolute Gasteiger partial charge is 0.310 e. The van der Waals surface area contributed by atoms with E-state index >= 15 is 0 Å². The zero-order valence-electron chi connectivity index (χ0n) is 17.3. The van der Waals surface area contributed by atoms with Gasteiger partial charge in [0.1, 0.15) is 12.9 Å². The summed E-state index contributed by atoms with van der Waals surface area (Å²) in [5.41, 5.74) is 3.08. The Morgan fingerprint density at radius 3 is 1.77 bits per heavy atom. The Labute approximate surface area is 188 Å². The van der Waals surface area contributed by atoms with Gasteiger partial charge in [0.05, 0.1) is 6.42 Å². The van der Waals surface area contributed by atoms with Crippen molar-refractivity contribution in [1.82, 2.24) is 0 Å². The number of carbonyl (C=O) groups excluding carboxylic acids is 1. The first-order valence-electron chi connectivity index (χ1n) is 10.2. The second-order valence-corrected chi connectivity index (χ2v) is 11.6. The second-order valence-electron chi connectivity index (χ2n) is 7.35. The highest BCUT2D eigenvalue weighted by molar-refractivity contribution is 8.18. The Balaban J connectivity index is 1.57. The van der Waals surface area contributed by atoms with Crippen molar-refractivity contribution in [3.8, 4) is 0 Å². The number of hydrogen-bond acceptors (Lipinski definition) is 3. The van der Waals surface area contributed by atoms with E-state index in [1.54, 1.807) is 0 Å². The van der Waals surface area contributed by atoms with Crippen molar-refractivity contribution in [3.05, 3.63) is 108 Å². The van der Waals surface area contributed by atoms with Crippen molar-refractivity contribution in [2.24, 2.45) is 0 Å². The molecule has 3 aromatic carbocycles. The number of anilines is 2. The number of rotatable bonds is 7. The molecule has 0 radical (unpaired) electrons. The van der Waals surface area contributed by atoms with Crippen molar-refractivity contribution in [2.75, 3.05) is 22.4 Å². The maximum atomic E-state index is 12.7. The van der Waals surface area contributed by atoms with Crippen LogP contribution in [0.15, 0.2) is 103 Å². The van der Waals surface area contributed by atoms with Crippen molar-refractivity contribution >= 4 is 35.5 Å². The molecule has 1 aliphatic rings. The lowest BCUT2D eigenvalue weighted by Gasteiger charge is -2.37. The molecular formula is C25H25N2O2PS. The number of benzene rings is 3. The van der Waals surface area contributed by atoms with Gasteiger partial charge < -0.3 is 14.1 Å². The SMILES string of the molecule is C=C(CC(=O)OCc1ccccc1)P1(=S)N(c2ccccc2)CCN1c1ccccc1. The molecule has 6 heteroatoms. The first-order valence-corrected chi connectivity index (χ1v) is 12.9. The molecule has 4 rings (SSSR count). The fourth-order valence-electron chi connectivity index (χ4n) is 3.76. The Hall–Kier alpha value is -2.88. The van der Waals surface area contributed by atoms with E-state index < -0.39 is 6.34 Å². The van der Waals surface area contributed by atoms with Crippen LogP contribution < -0.4 is 9.34 Å². The van der Waals surface area contributed by atoms with Gasteiger partial charge in [-0.2, -0.15) is 0 Å². The van der Waals surface area contributed by atoms with Gasteiger partial charge in [-0.3, -0.25) is 4.79 Å².